The van der Waals surface area contributed by atoms with Gasteiger partial charge in [0.2, 0.25) is 0 Å². The second-order valence-corrected chi connectivity index (χ2v) is 7.97. The van der Waals surface area contributed by atoms with Crippen LogP contribution >= 0.6 is 11.8 Å². The van der Waals surface area contributed by atoms with E-state index in [1.54, 1.807) is 11.8 Å². The standard InChI is InChI=1S/C21H29N3O2S/c1-2-22-20(24-15-21(25)10-13-27-16-21)23-11-5-12-26-19-9-8-17-6-3-4-7-18(17)14-19/h3-4,6-9,14,25H,2,5,10-13,15-16H2,1H3,(H2,22,23,24). The number of benzene rings is 2. The molecular weight excluding hydrogens is 358 g/mol. The van der Waals surface area contributed by atoms with Gasteiger partial charge in [0.05, 0.1) is 18.8 Å². The summed E-state index contributed by atoms with van der Waals surface area (Å²) < 4.78 is 5.87. The molecule has 1 fully saturated rings. The van der Waals surface area contributed by atoms with Crippen LogP contribution in [0.25, 0.3) is 10.8 Å². The maximum absolute atomic E-state index is 10.4. The molecule has 0 saturated carbocycles. The normalized spacial score (nSPS) is 20.0. The lowest BCUT2D eigenvalue weighted by atomic mass is 10.1. The van der Waals surface area contributed by atoms with E-state index in [0.717, 1.165) is 49.1 Å². The Morgan fingerprint density at radius 1 is 1.22 bits per heavy atom. The highest BCUT2D eigenvalue weighted by atomic mass is 32.2. The van der Waals surface area contributed by atoms with Crippen molar-refractivity contribution >= 4 is 28.5 Å². The van der Waals surface area contributed by atoms with Gasteiger partial charge in [0, 0.05) is 18.8 Å². The Kier molecular flexibility index (Phi) is 7.24. The van der Waals surface area contributed by atoms with Crippen LogP contribution in [0.1, 0.15) is 19.8 Å². The van der Waals surface area contributed by atoms with Crippen LogP contribution in [0.2, 0.25) is 0 Å². The van der Waals surface area contributed by atoms with Crippen molar-refractivity contribution in [2.75, 3.05) is 37.7 Å². The van der Waals surface area contributed by atoms with Crippen LogP contribution in [-0.2, 0) is 0 Å². The number of hydrogen-bond donors (Lipinski definition) is 3. The predicted molar refractivity (Wildman–Crippen MR) is 115 cm³/mol. The number of aliphatic imine (C=N–C) groups is 1. The lowest BCUT2D eigenvalue weighted by molar-refractivity contribution is 0.0778. The van der Waals surface area contributed by atoms with Crippen LogP contribution in [0.5, 0.6) is 5.75 Å². The second kappa shape index (κ2) is 9.85. The molecule has 3 N–H and O–H groups in total. The van der Waals surface area contributed by atoms with Gasteiger partial charge in [0.1, 0.15) is 5.75 Å². The average molecular weight is 388 g/mol. The first-order valence-electron chi connectivity index (χ1n) is 9.62. The Labute approximate surface area is 165 Å². The summed E-state index contributed by atoms with van der Waals surface area (Å²) in [6.45, 7) is 4.70. The van der Waals surface area contributed by atoms with Crippen molar-refractivity contribution in [2.45, 2.75) is 25.4 Å². The number of nitrogens with one attached hydrogen (secondary N) is 2. The summed E-state index contributed by atoms with van der Waals surface area (Å²) >= 11 is 1.79. The van der Waals surface area contributed by atoms with Crippen LogP contribution < -0.4 is 15.4 Å². The summed E-state index contributed by atoms with van der Waals surface area (Å²) in [5, 5.41) is 19.4. The number of rotatable bonds is 8. The van der Waals surface area contributed by atoms with E-state index < -0.39 is 5.60 Å². The molecule has 1 aliphatic heterocycles. The highest BCUT2D eigenvalue weighted by molar-refractivity contribution is 7.99. The Balaban J connectivity index is 1.41. The van der Waals surface area contributed by atoms with Crippen molar-refractivity contribution in [3.8, 4) is 5.75 Å². The third-order valence-electron chi connectivity index (χ3n) is 4.56. The predicted octanol–water partition coefficient (Wildman–Crippen LogP) is 3.03. The summed E-state index contributed by atoms with van der Waals surface area (Å²) in [7, 11) is 0. The van der Waals surface area contributed by atoms with E-state index in [-0.39, 0.29) is 0 Å². The fourth-order valence-corrected chi connectivity index (χ4v) is 4.30. The fraction of sp³-hybridized carbons (Fsp3) is 0.476. The smallest absolute Gasteiger partial charge is 0.191 e. The number of hydrogen-bond acceptors (Lipinski definition) is 4. The molecule has 1 aliphatic rings. The molecular formula is C21H29N3O2S. The van der Waals surface area contributed by atoms with Crippen LogP contribution in [0.3, 0.4) is 0 Å². The second-order valence-electron chi connectivity index (χ2n) is 6.86. The van der Waals surface area contributed by atoms with Crippen molar-refractivity contribution in [3.05, 3.63) is 42.5 Å². The van der Waals surface area contributed by atoms with Crippen LogP contribution in [-0.4, -0.2) is 54.4 Å². The van der Waals surface area contributed by atoms with Gasteiger partial charge in [-0.25, -0.2) is 0 Å². The summed E-state index contributed by atoms with van der Waals surface area (Å²) in [5.41, 5.74) is -0.647. The number of guanidine groups is 1. The summed E-state index contributed by atoms with van der Waals surface area (Å²) in [4.78, 5) is 4.55. The van der Waals surface area contributed by atoms with Crippen LogP contribution in [0, 0.1) is 0 Å². The van der Waals surface area contributed by atoms with Gasteiger partial charge in [-0.3, -0.25) is 4.99 Å². The number of ether oxygens (including phenoxy) is 1. The van der Waals surface area contributed by atoms with Crippen molar-refractivity contribution in [2.24, 2.45) is 4.99 Å². The lowest BCUT2D eigenvalue weighted by Gasteiger charge is -2.19. The largest absolute Gasteiger partial charge is 0.494 e. The van der Waals surface area contributed by atoms with E-state index in [2.05, 4.69) is 39.9 Å². The van der Waals surface area contributed by atoms with Gasteiger partial charge < -0.3 is 20.5 Å². The number of aliphatic hydroxyl groups is 1. The highest BCUT2D eigenvalue weighted by Gasteiger charge is 2.31. The monoisotopic (exact) mass is 387 g/mol. The van der Waals surface area contributed by atoms with Gasteiger partial charge in [-0.15, -0.1) is 0 Å². The van der Waals surface area contributed by atoms with Gasteiger partial charge >= 0.3 is 0 Å². The third-order valence-corrected chi connectivity index (χ3v) is 5.80. The maximum atomic E-state index is 10.4. The Morgan fingerprint density at radius 3 is 2.85 bits per heavy atom. The van der Waals surface area contributed by atoms with Gasteiger partial charge in [-0.05, 0) is 48.4 Å². The highest BCUT2D eigenvalue weighted by Crippen LogP contribution is 2.27. The van der Waals surface area contributed by atoms with Crippen LogP contribution in [0.15, 0.2) is 47.5 Å². The minimum atomic E-state index is -0.647. The number of nitrogens with zero attached hydrogens (tertiary/aromatic N) is 1. The molecule has 1 unspecified atom stereocenters. The van der Waals surface area contributed by atoms with Gasteiger partial charge in [-0.2, -0.15) is 11.8 Å². The lowest BCUT2D eigenvalue weighted by Crippen LogP contribution is -2.40. The van der Waals surface area contributed by atoms with E-state index >= 15 is 0 Å². The molecule has 0 aromatic heterocycles. The first kappa shape index (κ1) is 19.8. The Morgan fingerprint density at radius 2 is 2.07 bits per heavy atom. The minimum Gasteiger partial charge on any atom is -0.494 e. The molecule has 0 bridgehead atoms. The molecule has 0 amide bonds. The Hall–Kier alpha value is -1.92. The van der Waals surface area contributed by atoms with Gasteiger partial charge in [0.15, 0.2) is 5.96 Å². The van der Waals surface area contributed by atoms with E-state index in [1.165, 1.54) is 10.8 Å². The van der Waals surface area contributed by atoms with E-state index in [4.69, 9.17) is 4.74 Å². The zero-order valence-electron chi connectivity index (χ0n) is 15.9. The zero-order valence-corrected chi connectivity index (χ0v) is 16.7. The zero-order chi connectivity index (χ0) is 19.0. The summed E-state index contributed by atoms with van der Waals surface area (Å²) in [6.07, 6.45) is 1.69. The molecule has 27 heavy (non-hydrogen) atoms. The van der Waals surface area contributed by atoms with E-state index in [1.807, 2.05) is 25.1 Å². The fourth-order valence-electron chi connectivity index (χ4n) is 3.02. The quantitative estimate of drug-likeness (QED) is 0.369. The first-order valence-corrected chi connectivity index (χ1v) is 10.8. The van der Waals surface area contributed by atoms with Crippen molar-refractivity contribution in [1.29, 1.82) is 0 Å². The van der Waals surface area contributed by atoms with E-state index in [0.29, 0.717) is 13.2 Å². The van der Waals surface area contributed by atoms with Gasteiger partial charge in [-0.1, -0.05) is 30.3 Å². The molecule has 3 rings (SSSR count). The van der Waals surface area contributed by atoms with E-state index in [9.17, 15) is 5.11 Å². The summed E-state index contributed by atoms with van der Waals surface area (Å²) in [5.74, 6) is 3.45. The molecule has 1 saturated heterocycles. The minimum absolute atomic E-state index is 0.447. The number of fused-ring (bicyclic) bond motifs is 1. The molecule has 1 heterocycles. The first-order chi connectivity index (χ1) is 13.2. The van der Waals surface area contributed by atoms with Crippen LogP contribution in [0.4, 0.5) is 0 Å². The SMILES string of the molecule is CCNC(=NCC1(O)CCSC1)NCCCOc1ccc2ccccc2c1. The van der Waals surface area contributed by atoms with Gasteiger partial charge in [0.25, 0.3) is 0 Å². The Bertz CT molecular complexity index is 760. The molecule has 6 heteroatoms. The molecule has 0 aliphatic carbocycles. The average Bonchev–Trinajstić information content (AvgIpc) is 3.12. The molecule has 5 nitrogen and oxygen atoms in total. The third kappa shape index (κ3) is 6.04. The molecule has 0 radical (unpaired) electrons. The van der Waals surface area contributed by atoms with Crippen molar-refractivity contribution in [3.63, 3.8) is 0 Å². The van der Waals surface area contributed by atoms with Crippen molar-refractivity contribution < 1.29 is 9.84 Å². The molecule has 2 aromatic rings. The maximum Gasteiger partial charge on any atom is 0.191 e. The molecule has 2 aromatic carbocycles. The number of thioether (sulfide) groups is 1. The van der Waals surface area contributed by atoms with Crippen molar-refractivity contribution in [1.82, 2.24) is 10.6 Å². The molecule has 1 atom stereocenters. The summed E-state index contributed by atoms with van der Waals surface area (Å²) in [6, 6.07) is 14.5. The molecule has 0 spiro atoms. The molecule has 146 valence electrons. The topological polar surface area (TPSA) is 65.9 Å².